The largest absolute Gasteiger partial charge is 0.381 e. The number of nitrogens with zero attached hydrogens (tertiary/aromatic N) is 4. The fourth-order valence-corrected chi connectivity index (χ4v) is 3.10. The fraction of sp³-hybridized carbons (Fsp3) is 0.412. The number of nitrogens with one attached hydrogen (secondary N) is 1. The number of anilines is 1. The van der Waals surface area contributed by atoms with E-state index in [0.29, 0.717) is 17.4 Å². The topological polar surface area (TPSA) is 47.7 Å². The van der Waals surface area contributed by atoms with Crippen LogP contribution >= 0.6 is 0 Å². The fourth-order valence-electron chi connectivity index (χ4n) is 3.10. The van der Waals surface area contributed by atoms with Crippen LogP contribution in [0.15, 0.2) is 24.4 Å². The SMILES string of the molecule is CCc1nn(C)c(CC)c1CNc1ccc2c(cnn2C(F)F)c1. The van der Waals surface area contributed by atoms with Crippen molar-refractivity contribution in [2.24, 2.45) is 7.05 Å². The molecule has 0 bridgehead atoms. The Morgan fingerprint density at radius 2 is 2.00 bits per heavy atom. The van der Waals surface area contributed by atoms with E-state index in [-0.39, 0.29) is 0 Å². The van der Waals surface area contributed by atoms with Gasteiger partial charge in [-0.1, -0.05) is 13.8 Å². The first-order valence-corrected chi connectivity index (χ1v) is 8.08. The molecule has 0 fully saturated rings. The van der Waals surface area contributed by atoms with E-state index in [2.05, 4.69) is 29.4 Å². The number of hydrogen-bond acceptors (Lipinski definition) is 3. The van der Waals surface area contributed by atoms with E-state index in [4.69, 9.17) is 0 Å². The van der Waals surface area contributed by atoms with E-state index in [1.807, 2.05) is 17.8 Å². The van der Waals surface area contributed by atoms with Gasteiger partial charge in [-0.15, -0.1) is 0 Å². The Labute approximate surface area is 139 Å². The average molecular weight is 333 g/mol. The lowest BCUT2D eigenvalue weighted by Gasteiger charge is -2.09. The van der Waals surface area contributed by atoms with Crippen LogP contribution in [0.1, 0.15) is 37.3 Å². The van der Waals surface area contributed by atoms with Gasteiger partial charge in [-0.3, -0.25) is 4.68 Å². The van der Waals surface area contributed by atoms with E-state index in [9.17, 15) is 8.78 Å². The summed E-state index contributed by atoms with van der Waals surface area (Å²) >= 11 is 0. The Balaban J connectivity index is 1.84. The van der Waals surface area contributed by atoms with Gasteiger partial charge in [0.15, 0.2) is 0 Å². The van der Waals surface area contributed by atoms with Crippen LogP contribution in [0.5, 0.6) is 0 Å². The maximum atomic E-state index is 12.8. The van der Waals surface area contributed by atoms with Gasteiger partial charge in [0.25, 0.3) is 0 Å². The number of rotatable bonds is 6. The van der Waals surface area contributed by atoms with E-state index in [1.165, 1.54) is 17.5 Å². The molecule has 0 aliphatic heterocycles. The second-order valence-electron chi connectivity index (χ2n) is 5.70. The third-order valence-electron chi connectivity index (χ3n) is 4.28. The molecule has 128 valence electrons. The molecule has 0 spiro atoms. The van der Waals surface area contributed by atoms with Crippen LogP contribution in [0.4, 0.5) is 14.5 Å². The summed E-state index contributed by atoms with van der Waals surface area (Å²) in [4.78, 5) is 0. The highest BCUT2D eigenvalue weighted by Crippen LogP contribution is 2.24. The molecule has 0 aliphatic rings. The zero-order valence-electron chi connectivity index (χ0n) is 14.1. The molecule has 0 amide bonds. The summed E-state index contributed by atoms with van der Waals surface area (Å²) < 4.78 is 28.4. The highest BCUT2D eigenvalue weighted by atomic mass is 19.3. The van der Waals surface area contributed by atoms with Gasteiger partial charge < -0.3 is 5.32 Å². The van der Waals surface area contributed by atoms with Crippen molar-refractivity contribution in [2.75, 3.05) is 5.32 Å². The molecule has 5 nitrogen and oxygen atoms in total. The number of aryl methyl sites for hydroxylation is 2. The van der Waals surface area contributed by atoms with Gasteiger partial charge in [-0.05, 0) is 31.0 Å². The van der Waals surface area contributed by atoms with Gasteiger partial charge in [0.1, 0.15) is 0 Å². The minimum Gasteiger partial charge on any atom is -0.381 e. The maximum absolute atomic E-state index is 12.8. The Bertz CT molecular complexity index is 850. The molecule has 2 aromatic heterocycles. The van der Waals surface area contributed by atoms with E-state index in [1.54, 1.807) is 12.1 Å². The molecule has 2 heterocycles. The van der Waals surface area contributed by atoms with Gasteiger partial charge in [-0.2, -0.15) is 19.0 Å². The molecule has 0 saturated heterocycles. The first-order chi connectivity index (χ1) is 11.5. The lowest BCUT2D eigenvalue weighted by atomic mass is 10.1. The van der Waals surface area contributed by atoms with Gasteiger partial charge in [0, 0.05) is 35.9 Å². The van der Waals surface area contributed by atoms with Gasteiger partial charge in [-0.25, -0.2) is 4.68 Å². The van der Waals surface area contributed by atoms with Crippen molar-refractivity contribution in [1.29, 1.82) is 0 Å². The summed E-state index contributed by atoms with van der Waals surface area (Å²) in [6.07, 6.45) is 3.26. The normalized spacial score (nSPS) is 11.6. The van der Waals surface area contributed by atoms with Crippen molar-refractivity contribution >= 4 is 16.6 Å². The Kier molecular flexibility index (Phi) is 4.51. The molecule has 0 unspecified atom stereocenters. The summed E-state index contributed by atoms with van der Waals surface area (Å²) in [6.45, 7) is 2.24. The molecule has 1 aromatic carbocycles. The van der Waals surface area contributed by atoms with Crippen LogP contribution in [0.3, 0.4) is 0 Å². The number of aromatic nitrogens is 4. The first kappa shape index (κ1) is 16.4. The predicted octanol–water partition coefficient (Wildman–Crippen LogP) is 3.90. The zero-order valence-corrected chi connectivity index (χ0v) is 14.1. The van der Waals surface area contributed by atoms with E-state index in [0.717, 1.165) is 28.9 Å². The molecule has 3 aromatic rings. The number of fused-ring (bicyclic) bond motifs is 1. The first-order valence-electron chi connectivity index (χ1n) is 8.08. The van der Waals surface area contributed by atoms with Gasteiger partial charge >= 0.3 is 6.55 Å². The summed E-state index contributed by atoms with van der Waals surface area (Å²) in [7, 11) is 1.96. The Morgan fingerprint density at radius 3 is 2.67 bits per heavy atom. The summed E-state index contributed by atoms with van der Waals surface area (Å²) in [6, 6.07) is 5.31. The second-order valence-corrected chi connectivity index (χ2v) is 5.70. The van der Waals surface area contributed by atoms with Crippen LogP contribution in [-0.4, -0.2) is 19.6 Å². The van der Waals surface area contributed by atoms with Crippen LogP contribution in [-0.2, 0) is 26.4 Å². The van der Waals surface area contributed by atoms with Crippen molar-refractivity contribution in [3.63, 3.8) is 0 Å². The smallest absolute Gasteiger partial charge is 0.333 e. The Hall–Kier alpha value is -2.44. The van der Waals surface area contributed by atoms with Crippen molar-refractivity contribution in [1.82, 2.24) is 19.6 Å². The van der Waals surface area contributed by atoms with Crippen LogP contribution in [0, 0.1) is 0 Å². The summed E-state index contributed by atoms with van der Waals surface area (Å²) in [5, 5.41) is 12.4. The van der Waals surface area contributed by atoms with Crippen molar-refractivity contribution in [2.45, 2.75) is 39.8 Å². The minimum absolute atomic E-state index is 0.431. The quantitative estimate of drug-likeness (QED) is 0.744. The monoisotopic (exact) mass is 333 g/mol. The number of alkyl halides is 2. The minimum atomic E-state index is -2.63. The molecular weight excluding hydrogens is 312 g/mol. The van der Waals surface area contributed by atoms with Gasteiger partial charge in [0.2, 0.25) is 0 Å². The second kappa shape index (κ2) is 6.59. The molecule has 0 radical (unpaired) electrons. The van der Waals surface area contributed by atoms with Crippen LogP contribution < -0.4 is 5.32 Å². The average Bonchev–Trinajstić information content (AvgIpc) is 3.12. The number of benzene rings is 1. The molecule has 3 rings (SSSR count). The third-order valence-corrected chi connectivity index (χ3v) is 4.28. The molecule has 0 atom stereocenters. The van der Waals surface area contributed by atoms with Crippen LogP contribution in [0.25, 0.3) is 10.9 Å². The highest BCUT2D eigenvalue weighted by molar-refractivity contribution is 5.82. The highest BCUT2D eigenvalue weighted by Gasteiger charge is 2.14. The molecule has 1 N–H and O–H groups in total. The molecular formula is C17H21F2N5. The molecule has 24 heavy (non-hydrogen) atoms. The predicted molar refractivity (Wildman–Crippen MR) is 90.3 cm³/mol. The van der Waals surface area contributed by atoms with Crippen LogP contribution in [0.2, 0.25) is 0 Å². The molecule has 7 heteroatoms. The van der Waals surface area contributed by atoms with Crippen molar-refractivity contribution in [3.05, 3.63) is 41.3 Å². The number of hydrogen-bond donors (Lipinski definition) is 1. The van der Waals surface area contributed by atoms with Crippen molar-refractivity contribution in [3.8, 4) is 0 Å². The standard InChI is InChI=1S/C17H21F2N5/c1-4-14-13(15(5-2)23(3)22-14)10-20-12-6-7-16-11(8-12)9-21-24(16)17(18)19/h6-9,17,20H,4-5,10H2,1-3H3. The number of halogens is 2. The van der Waals surface area contributed by atoms with E-state index >= 15 is 0 Å². The summed E-state index contributed by atoms with van der Waals surface area (Å²) in [5.41, 5.74) is 4.83. The molecule has 0 aliphatic carbocycles. The zero-order chi connectivity index (χ0) is 17.3. The molecule has 0 saturated carbocycles. The maximum Gasteiger partial charge on any atom is 0.333 e. The third kappa shape index (κ3) is 2.86. The lowest BCUT2D eigenvalue weighted by molar-refractivity contribution is 0.0615. The lowest BCUT2D eigenvalue weighted by Crippen LogP contribution is -2.05. The van der Waals surface area contributed by atoms with E-state index < -0.39 is 6.55 Å². The summed E-state index contributed by atoms with van der Waals surface area (Å²) in [5.74, 6) is 0. The Morgan fingerprint density at radius 1 is 1.21 bits per heavy atom. The van der Waals surface area contributed by atoms with Gasteiger partial charge in [0.05, 0.1) is 17.4 Å². The van der Waals surface area contributed by atoms with Crippen molar-refractivity contribution < 1.29 is 8.78 Å².